The van der Waals surface area contributed by atoms with Crippen molar-refractivity contribution in [3.05, 3.63) is 22.9 Å². The number of rotatable bonds is 4. The molecule has 1 atom stereocenters. The fraction of sp³-hybridized carbons (Fsp3) is 0.444. The van der Waals surface area contributed by atoms with E-state index in [4.69, 9.17) is 5.11 Å². The predicted octanol–water partition coefficient (Wildman–Crippen LogP) is -1.43. The van der Waals surface area contributed by atoms with Crippen LogP contribution in [0.3, 0.4) is 0 Å². The molecule has 1 unspecified atom stereocenters. The van der Waals surface area contributed by atoms with E-state index in [-0.39, 0.29) is 18.8 Å². The minimum absolute atomic E-state index is 0.140. The predicted molar refractivity (Wildman–Crippen MR) is 59.8 cm³/mol. The molecule has 17 heavy (non-hydrogen) atoms. The number of nitrogens with zero attached hydrogens (tertiary/aromatic N) is 3. The Morgan fingerprint density at radius 3 is 3.12 bits per heavy atom. The number of fused-ring (bicyclic) bond motifs is 1. The molecule has 0 aliphatic carbocycles. The Morgan fingerprint density at radius 2 is 2.41 bits per heavy atom. The van der Waals surface area contributed by atoms with E-state index in [1.54, 1.807) is 6.07 Å². The summed E-state index contributed by atoms with van der Waals surface area (Å²) in [4.78, 5) is 15.1. The van der Waals surface area contributed by atoms with Gasteiger partial charge in [-0.25, -0.2) is 19.3 Å². The van der Waals surface area contributed by atoms with Gasteiger partial charge in [-0.05, 0) is 6.92 Å². The normalized spacial score (nSPS) is 14.8. The van der Waals surface area contributed by atoms with Gasteiger partial charge < -0.3 is 15.5 Å². The van der Waals surface area contributed by atoms with Gasteiger partial charge in [0.05, 0.1) is 6.61 Å². The highest BCUT2D eigenvalue weighted by molar-refractivity contribution is 5.48. The van der Waals surface area contributed by atoms with Crippen LogP contribution in [0.4, 0.5) is 5.82 Å². The first-order chi connectivity index (χ1) is 8.02. The maximum atomic E-state index is 11.2. The molecule has 8 nitrogen and oxygen atoms in total. The van der Waals surface area contributed by atoms with Gasteiger partial charge in [0, 0.05) is 12.6 Å². The number of aliphatic hydroxyl groups excluding tert-OH is 1. The lowest BCUT2D eigenvalue weighted by molar-refractivity contribution is 0.0132. The van der Waals surface area contributed by atoms with Crippen molar-refractivity contribution in [1.29, 1.82) is 0 Å². The molecule has 0 aromatic carbocycles. The molecule has 0 fully saturated rings. The van der Waals surface area contributed by atoms with E-state index in [1.807, 2.05) is 0 Å². The van der Waals surface area contributed by atoms with E-state index >= 15 is 0 Å². The third-order valence-electron chi connectivity index (χ3n) is 2.30. The number of hydrogen-bond donors (Lipinski definition) is 4. The molecule has 0 saturated carbocycles. The minimum atomic E-state index is -1.22. The molecule has 4 N–H and O–H groups in total. The number of anilines is 1. The first-order valence-corrected chi connectivity index (χ1v) is 5.02. The summed E-state index contributed by atoms with van der Waals surface area (Å²) in [6.07, 6.45) is 1.33. The van der Waals surface area contributed by atoms with Gasteiger partial charge >= 0.3 is 5.69 Å². The Labute approximate surface area is 95.9 Å². The zero-order chi connectivity index (χ0) is 12.5. The molecule has 2 rings (SSSR count). The van der Waals surface area contributed by atoms with Crippen LogP contribution in [0.2, 0.25) is 0 Å². The molecule has 8 heteroatoms. The molecule has 0 amide bonds. The van der Waals surface area contributed by atoms with Crippen molar-refractivity contribution in [2.75, 3.05) is 18.5 Å². The molecular formula is C9H13N5O3. The molecule has 92 valence electrons. The van der Waals surface area contributed by atoms with Crippen LogP contribution in [0.25, 0.3) is 5.65 Å². The van der Waals surface area contributed by atoms with Gasteiger partial charge in [0.15, 0.2) is 5.65 Å². The van der Waals surface area contributed by atoms with Gasteiger partial charge in [-0.3, -0.25) is 0 Å². The number of aromatic amines is 1. The maximum Gasteiger partial charge on any atom is 0.348 e. The molecule has 0 bridgehead atoms. The molecule has 0 spiro atoms. The summed E-state index contributed by atoms with van der Waals surface area (Å²) < 4.78 is 1.26. The smallest absolute Gasteiger partial charge is 0.348 e. The van der Waals surface area contributed by atoms with Crippen LogP contribution in [0.15, 0.2) is 17.2 Å². The maximum absolute atomic E-state index is 11.2. The highest BCUT2D eigenvalue weighted by Crippen LogP contribution is 2.07. The molecule has 2 aromatic heterocycles. The Morgan fingerprint density at radius 1 is 1.65 bits per heavy atom. The van der Waals surface area contributed by atoms with Crippen LogP contribution in [-0.4, -0.2) is 48.5 Å². The van der Waals surface area contributed by atoms with Gasteiger partial charge in [0.2, 0.25) is 0 Å². The third kappa shape index (κ3) is 2.43. The van der Waals surface area contributed by atoms with Crippen LogP contribution in [-0.2, 0) is 0 Å². The van der Waals surface area contributed by atoms with Crippen molar-refractivity contribution in [2.24, 2.45) is 0 Å². The second-order valence-corrected chi connectivity index (χ2v) is 4.04. The number of nitrogens with one attached hydrogen (secondary N) is 2. The van der Waals surface area contributed by atoms with Crippen LogP contribution in [0.5, 0.6) is 0 Å². The van der Waals surface area contributed by atoms with Crippen LogP contribution in [0, 0.1) is 0 Å². The molecular weight excluding hydrogens is 226 g/mol. The number of H-pyrrole nitrogens is 1. The highest BCUT2D eigenvalue weighted by atomic mass is 16.3. The van der Waals surface area contributed by atoms with Gasteiger partial charge in [-0.2, -0.15) is 5.10 Å². The van der Waals surface area contributed by atoms with E-state index < -0.39 is 5.60 Å². The van der Waals surface area contributed by atoms with E-state index in [0.29, 0.717) is 11.5 Å². The number of hydrogen-bond acceptors (Lipinski definition) is 6. The molecule has 0 saturated heterocycles. The van der Waals surface area contributed by atoms with Crippen molar-refractivity contribution in [3.8, 4) is 0 Å². The molecule has 0 aliphatic rings. The van der Waals surface area contributed by atoms with Crippen molar-refractivity contribution >= 4 is 11.5 Å². The van der Waals surface area contributed by atoms with E-state index in [9.17, 15) is 9.90 Å². The van der Waals surface area contributed by atoms with Gasteiger partial charge in [0.25, 0.3) is 0 Å². The molecule has 2 heterocycles. The van der Waals surface area contributed by atoms with Gasteiger partial charge in [-0.15, -0.1) is 0 Å². The average Bonchev–Trinajstić information content (AvgIpc) is 2.68. The number of aromatic nitrogens is 4. The lowest BCUT2D eigenvalue weighted by Crippen LogP contribution is -2.37. The fourth-order valence-corrected chi connectivity index (χ4v) is 1.24. The van der Waals surface area contributed by atoms with Crippen LogP contribution >= 0.6 is 0 Å². The topological polar surface area (TPSA) is 116 Å². The summed E-state index contributed by atoms with van der Waals surface area (Å²) in [6.45, 7) is 1.28. The van der Waals surface area contributed by atoms with Crippen LogP contribution in [0.1, 0.15) is 6.92 Å². The van der Waals surface area contributed by atoms with Gasteiger partial charge in [-0.1, -0.05) is 0 Å². The third-order valence-corrected chi connectivity index (χ3v) is 2.30. The van der Waals surface area contributed by atoms with E-state index in [2.05, 4.69) is 20.5 Å². The standard InChI is InChI=1S/C9H13N5O3/c1-9(17,4-15)3-10-6-2-7-12-13-8(16)14(7)5-11-6/h2,5,10,15,17H,3-4H2,1H3,(H,13,16). The monoisotopic (exact) mass is 239 g/mol. The highest BCUT2D eigenvalue weighted by Gasteiger charge is 2.18. The molecule has 2 aromatic rings. The Hall–Kier alpha value is -1.93. The van der Waals surface area contributed by atoms with Crippen molar-refractivity contribution in [2.45, 2.75) is 12.5 Å². The fourth-order valence-electron chi connectivity index (χ4n) is 1.24. The summed E-state index contributed by atoms with van der Waals surface area (Å²) in [5.41, 5.74) is -1.16. The second-order valence-electron chi connectivity index (χ2n) is 4.04. The number of aliphatic hydroxyl groups is 2. The Bertz CT molecular complexity index is 573. The van der Waals surface area contributed by atoms with E-state index in [1.165, 1.54) is 17.7 Å². The Balaban J connectivity index is 2.17. The molecule has 0 radical (unpaired) electrons. The zero-order valence-corrected chi connectivity index (χ0v) is 9.21. The quantitative estimate of drug-likeness (QED) is 0.520. The van der Waals surface area contributed by atoms with Crippen molar-refractivity contribution < 1.29 is 10.2 Å². The van der Waals surface area contributed by atoms with E-state index in [0.717, 1.165) is 0 Å². The van der Waals surface area contributed by atoms with Crippen molar-refractivity contribution in [3.63, 3.8) is 0 Å². The summed E-state index contributed by atoms with van der Waals surface area (Å²) in [5, 5.41) is 27.4. The lowest BCUT2D eigenvalue weighted by atomic mass is 10.1. The minimum Gasteiger partial charge on any atom is -0.393 e. The summed E-state index contributed by atoms with van der Waals surface area (Å²) in [7, 11) is 0. The largest absolute Gasteiger partial charge is 0.393 e. The molecule has 0 aliphatic heterocycles. The summed E-state index contributed by atoms with van der Waals surface area (Å²) >= 11 is 0. The lowest BCUT2D eigenvalue weighted by Gasteiger charge is -2.20. The van der Waals surface area contributed by atoms with Crippen LogP contribution < -0.4 is 11.0 Å². The SMILES string of the molecule is CC(O)(CO)CNc1cc2n[nH]c(=O)n2cn1. The summed E-state index contributed by atoms with van der Waals surface area (Å²) in [6, 6.07) is 1.56. The Kier molecular flexibility index (Phi) is 2.82. The summed E-state index contributed by atoms with van der Waals surface area (Å²) in [5.74, 6) is 0.463. The first kappa shape index (κ1) is 11.6. The zero-order valence-electron chi connectivity index (χ0n) is 9.21. The first-order valence-electron chi connectivity index (χ1n) is 5.02. The van der Waals surface area contributed by atoms with Crippen molar-refractivity contribution in [1.82, 2.24) is 19.6 Å². The second kappa shape index (κ2) is 4.15. The average molecular weight is 239 g/mol. The van der Waals surface area contributed by atoms with Gasteiger partial charge in [0.1, 0.15) is 17.7 Å².